The fraction of sp³-hybridized carbons (Fsp3) is 1.00. The molecule has 1 N–H and O–H groups in total. The molecular weight excluding hydrogens is 244 g/mol. The summed E-state index contributed by atoms with van der Waals surface area (Å²) < 4.78 is 0. The fourth-order valence-corrected chi connectivity index (χ4v) is 3.99. The Balaban J connectivity index is 1.64. The van der Waals surface area contributed by atoms with E-state index >= 15 is 0 Å². The molecule has 0 radical (unpaired) electrons. The lowest BCUT2D eigenvalue weighted by Crippen LogP contribution is -2.46. The number of likely N-dealkylation sites (tertiary alicyclic amines) is 1. The van der Waals surface area contributed by atoms with Crippen LogP contribution in [0.5, 0.6) is 0 Å². The van der Waals surface area contributed by atoms with Gasteiger partial charge in [-0.25, -0.2) is 0 Å². The van der Waals surface area contributed by atoms with E-state index in [1.54, 1.807) is 0 Å². The number of piperidine rings is 1. The van der Waals surface area contributed by atoms with Crippen LogP contribution in [0.15, 0.2) is 0 Å². The SMILES string of the molecule is CCCCN1CCC(NC2CCCC(CC)CC2)CC1. The van der Waals surface area contributed by atoms with Crippen LogP contribution in [-0.4, -0.2) is 36.6 Å². The van der Waals surface area contributed by atoms with E-state index in [2.05, 4.69) is 24.1 Å². The van der Waals surface area contributed by atoms with Crippen LogP contribution in [0.2, 0.25) is 0 Å². The van der Waals surface area contributed by atoms with Gasteiger partial charge in [0, 0.05) is 12.1 Å². The Labute approximate surface area is 126 Å². The zero-order valence-corrected chi connectivity index (χ0v) is 13.9. The third-order valence-corrected chi connectivity index (χ3v) is 5.55. The molecule has 1 aliphatic carbocycles. The van der Waals surface area contributed by atoms with Crippen LogP contribution in [0.25, 0.3) is 0 Å². The maximum absolute atomic E-state index is 3.99. The number of hydrogen-bond donors (Lipinski definition) is 1. The minimum absolute atomic E-state index is 0.802. The molecule has 1 aliphatic heterocycles. The van der Waals surface area contributed by atoms with Crippen molar-refractivity contribution in [3.8, 4) is 0 Å². The molecule has 2 heteroatoms. The number of nitrogens with zero attached hydrogens (tertiary/aromatic N) is 1. The molecule has 0 amide bonds. The Morgan fingerprint density at radius 3 is 2.35 bits per heavy atom. The second-order valence-corrected chi connectivity index (χ2v) is 7.12. The molecule has 1 saturated heterocycles. The van der Waals surface area contributed by atoms with Crippen molar-refractivity contribution in [3.05, 3.63) is 0 Å². The first-order valence-corrected chi connectivity index (χ1v) is 9.30. The van der Waals surface area contributed by atoms with Gasteiger partial charge in [-0.1, -0.05) is 39.5 Å². The molecule has 20 heavy (non-hydrogen) atoms. The first-order chi connectivity index (χ1) is 9.81. The average molecular weight is 280 g/mol. The van der Waals surface area contributed by atoms with Gasteiger partial charge in [-0.3, -0.25) is 0 Å². The van der Waals surface area contributed by atoms with Crippen molar-refractivity contribution in [2.24, 2.45) is 5.92 Å². The summed E-state index contributed by atoms with van der Waals surface area (Å²) in [6, 6.07) is 1.62. The van der Waals surface area contributed by atoms with E-state index in [9.17, 15) is 0 Å². The summed E-state index contributed by atoms with van der Waals surface area (Å²) in [7, 11) is 0. The minimum atomic E-state index is 0.802. The first kappa shape index (κ1) is 16.3. The molecule has 118 valence electrons. The van der Waals surface area contributed by atoms with Crippen LogP contribution in [0.4, 0.5) is 0 Å². The first-order valence-electron chi connectivity index (χ1n) is 9.30. The highest BCUT2D eigenvalue weighted by Gasteiger charge is 2.23. The molecule has 0 aromatic carbocycles. The van der Waals surface area contributed by atoms with Crippen molar-refractivity contribution in [2.45, 2.75) is 90.1 Å². The number of hydrogen-bond acceptors (Lipinski definition) is 2. The van der Waals surface area contributed by atoms with Gasteiger partial charge in [0.05, 0.1) is 0 Å². The fourth-order valence-electron chi connectivity index (χ4n) is 3.99. The average Bonchev–Trinajstić information content (AvgIpc) is 2.72. The predicted molar refractivity (Wildman–Crippen MR) is 88.2 cm³/mol. The van der Waals surface area contributed by atoms with Crippen molar-refractivity contribution in [1.82, 2.24) is 10.2 Å². The van der Waals surface area contributed by atoms with Crippen LogP contribution in [0.3, 0.4) is 0 Å². The van der Waals surface area contributed by atoms with Crippen LogP contribution >= 0.6 is 0 Å². The van der Waals surface area contributed by atoms with Gasteiger partial charge in [-0.05, 0) is 64.1 Å². The van der Waals surface area contributed by atoms with E-state index in [0.29, 0.717) is 0 Å². The molecule has 2 atom stereocenters. The van der Waals surface area contributed by atoms with Crippen molar-refractivity contribution < 1.29 is 0 Å². The number of unbranched alkanes of at least 4 members (excludes halogenated alkanes) is 1. The quantitative estimate of drug-likeness (QED) is 0.734. The molecule has 1 saturated carbocycles. The molecule has 2 aliphatic rings. The van der Waals surface area contributed by atoms with Crippen molar-refractivity contribution in [1.29, 1.82) is 0 Å². The molecule has 0 spiro atoms. The number of nitrogens with one attached hydrogen (secondary N) is 1. The van der Waals surface area contributed by atoms with Gasteiger partial charge in [-0.15, -0.1) is 0 Å². The highest BCUT2D eigenvalue weighted by atomic mass is 15.1. The molecule has 2 fully saturated rings. The monoisotopic (exact) mass is 280 g/mol. The highest BCUT2D eigenvalue weighted by molar-refractivity contribution is 4.82. The van der Waals surface area contributed by atoms with Crippen LogP contribution < -0.4 is 5.32 Å². The van der Waals surface area contributed by atoms with Crippen LogP contribution in [0, 0.1) is 5.92 Å². The van der Waals surface area contributed by atoms with E-state index in [1.165, 1.54) is 83.8 Å². The maximum Gasteiger partial charge on any atom is 0.00940 e. The highest BCUT2D eigenvalue weighted by Crippen LogP contribution is 2.26. The zero-order valence-electron chi connectivity index (χ0n) is 13.9. The summed E-state index contributed by atoms with van der Waals surface area (Å²) in [4.78, 5) is 2.67. The number of rotatable bonds is 6. The Bertz CT molecular complexity index is 246. The third-order valence-electron chi connectivity index (χ3n) is 5.55. The lowest BCUT2D eigenvalue weighted by molar-refractivity contribution is 0.186. The molecule has 2 rings (SSSR count). The van der Waals surface area contributed by atoms with Gasteiger partial charge in [0.15, 0.2) is 0 Å². The van der Waals surface area contributed by atoms with Crippen LogP contribution in [0.1, 0.15) is 78.1 Å². The molecule has 0 aromatic rings. The van der Waals surface area contributed by atoms with Gasteiger partial charge in [0.2, 0.25) is 0 Å². The smallest absolute Gasteiger partial charge is 0.00940 e. The molecular formula is C18H36N2. The molecule has 1 heterocycles. The summed E-state index contributed by atoms with van der Waals surface area (Å²) in [5.41, 5.74) is 0. The summed E-state index contributed by atoms with van der Waals surface area (Å²) in [5.74, 6) is 1.01. The van der Waals surface area contributed by atoms with Crippen molar-refractivity contribution in [2.75, 3.05) is 19.6 Å². The van der Waals surface area contributed by atoms with Crippen molar-refractivity contribution >= 4 is 0 Å². The third kappa shape index (κ3) is 5.37. The Morgan fingerprint density at radius 1 is 0.900 bits per heavy atom. The molecule has 2 unspecified atom stereocenters. The van der Waals surface area contributed by atoms with E-state index in [4.69, 9.17) is 0 Å². The van der Waals surface area contributed by atoms with Gasteiger partial charge < -0.3 is 10.2 Å². The van der Waals surface area contributed by atoms with Gasteiger partial charge >= 0.3 is 0 Å². The lowest BCUT2D eigenvalue weighted by atomic mass is 9.97. The van der Waals surface area contributed by atoms with Crippen molar-refractivity contribution in [3.63, 3.8) is 0 Å². The van der Waals surface area contributed by atoms with E-state index in [-0.39, 0.29) is 0 Å². The second kappa shape index (κ2) is 9.04. The van der Waals surface area contributed by atoms with Gasteiger partial charge in [0.1, 0.15) is 0 Å². The van der Waals surface area contributed by atoms with E-state index in [1.807, 2.05) is 0 Å². The van der Waals surface area contributed by atoms with Crippen LogP contribution in [-0.2, 0) is 0 Å². The molecule has 0 aromatic heterocycles. The van der Waals surface area contributed by atoms with E-state index in [0.717, 1.165) is 18.0 Å². The minimum Gasteiger partial charge on any atom is -0.311 e. The topological polar surface area (TPSA) is 15.3 Å². The predicted octanol–water partition coefficient (Wildman–Crippen LogP) is 4.20. The molecule has 0 bridgehead atoms. The second-order valence-electron chi connectivity index (χ2n) is 7.12. The standard InChI is InChI=1S/C18H36N2/c1-3-5-13-20-14-11-18(12-15-20)19-17-8-6-7-16(4-2)9-10-17/h16-19H,3-15H2,1-2H3. The Hall–Kier alpha value is -0.0800. The van der Waals surface area contributed by atoms with E-state index < -0.39 is 0 Å². The maximum atomic E-state index is 3.99. The normalized spacial score (nSPS) is 30.3. The zero-order chi connectivity index (χ0) is 14.2. The summed E-state index contributed by atoms with van der Waals surface area (Å²) in [6.45, 7) is 8.63. The largest absolute Gasteiger partial charge is 0.311 e. The summed E-state index contributed by atoms with van der Waals surface area (Å²) in [5, 5.41) is 3.99. The Kier molecular flexibility index (Phi) is 7.37. The summed E-state index contributed by atoms with van der Waals surface area (Å²) >= 11 is 0. The Morgan fingerprint density at radius 2 is 1.65 bits per heavy atom. The van der Waals surface area contributed by atoms with Gasteiger partial charge in [-0.2, -0.15) is 0 Å². The molecule has 2 nitrogen and oxygen atoms in total. The summed E-state index contributed by atoms with van der Waals surface area (Å²) in [6.07, 6.45) is 14.1. The van der Waals surface area contributed by atoms with Gasteiger partial charge in [0.25, 0.3) is 0 Å². The lowest BCUT2D eigenvalue weighted by Gasteiger charge is -2.34.